The van der Waals surface area contributed by atoms with E-state index in [1.807, 2.05) is 24.4 Å². The van der Waals surface area contributed by atoms with Gasteiger partial charge >= 0.3 is 6.01 Å². The van der Waals surface area contributed by atoms with Crippen LogP contribution in [0.5, 0.6) is 0 Å². The molecule has 0 radical (unpaired) electrons. The van der Waals surface area contributed by atoms with Gasteiger partial charge in [0.2, 0.25) is 5.82 Å². The lowest BCUT2D eigenvalue weighted by molar-refractivity contribution is 0.432. The number of aromatic nitrogens is 3. The number of rotatable bonds is 5. The topological polar surface area (TPSA) is 67.1 Å². The summed E-state index contributed by atoms with van der Waals surface area (Å²) in [6.45, 7) is 2.77. The Morgan fingerprint density at radius 1 is 1.16 bits per heavy atom. The lowest BCUT2D eigenvalue weighted by atomic mass is 10.2. The molecule has 1 fully saturated rings. The minimum absolute atomic E-state index is 0.374. The van der Waals surface area contributed by atoms with Crippen molar-refractivity contribution in [3.8, 4) is 11.4 Å². The summed E-state index contributed by atoms with van der Waals surface area (Å²) in [6, 6.07) is 11.9. The fourth-order valence-electron chi connectivity index (χ4n) is 2.87. The predicted octanol–water partition coefficient (Wildman–Crippen LogP) is 4.00. The molecule has 25 heavy (non-hydrogen) atoms. The van der Waals surface area contributed by atoms with E-state index in [1.54, 1.807) is 6.07 Å². The van der Waals surface area contributed by atoms with Crippen LogP contribution in [0.1, 0.15) is 18.4 Å². The van der Waals surface area contributed by atoms with Crippen molar-refractivity contribution in [3.63, 3.8) is 0 Å². The van der Waals surface area contributed by atoms with Crippen LogP contribution in [0.2, 0.25) is 5.02 Å². The smallest absolute Gasteiger partial charge is 0.322 e. The molecular formula is C18H18ClN5O. The monoisotopic (exact) mass is 355 g/mol. The number of pyridine rings is 1. The summed E-state index contributed by atoms with van der Waals surface area (Å²) in [4.78, 5) is 11.2. The van der Waals surface area contributed by atoms with Gasteiger partial charge in [0.15, 0.2) is 0 Å². The highest BCUT2D eigenvalue weighted by Crippen LogP contribution is 2.22. The summed E-state index contributed by atoms with van der Waals surface area (Å²) < 4.78 is 5.24. The van der Waals surface area contributed by atoms with Crippen LogP contribution in [0.15, 0.2) is 47.1 Å². The molecule has 0 bridgehead atoms. The zero-order valence-electron chi connectivity index (χ0n) is 13.7. The summed E-state index contributed by atoms with van der Waals surface area (Å²) in [6.07, 6.45) is 4.38. The molecule has 3 aromatic rings. The average Bonchev–Trinajstić information content (AvgIpc) is 3.32. The molecule has 4 rings (SSSR count). The van der Waals surface area contributed by atoms with E-state index in [1.165, 1.54) is 12.8 Å². The van der Waals surface area contributed by atoms with Crippen LogP contribution in [-0.4, -0.2) is 28.2 Å². The van der Waals surface area contributed by atoms with Crippen molar-refractivity contribution in [2.45, 2.75) is 19.4 Å². The largest absolute Gasteiger partial charge is 0.357 e. The molecule has 1 aliphatic rings. The van der Waals surface area contributed by atoms with Crippen molar-refractivity contribution in [2.75, 3.05) is 23.3 Å². The molecule has 0 amide bonds. The van der Waals surface area contributed by atoms with Gasteiger partial charge in [-0.15, -0.1) is 0 Å². The quantitative estimate of drug-likeness (QED) is 0.746. The Kier molecular flexibility index (Phi) is 4.52. The normalized spacial score (nSPS) is 14.0. The lowest BCUT2D eigenvalue weighted by Gasteiger charge is -2.16. The van der Waals surface area contributed by atoms with Crippen molar-refractivity contribution in [3.05, 3.63) is 53.2 Å². The molecule has 6 nitrogen and oxygen atoms in total. The number of hydrogen-bond acceptors (Lipinski definition) is 6. The van der Waals surface area contributed by atoms with Gasteiger partial charge in [0, 0.05) is 36.4 Å². The maximum atomic E-state index is 5.99. The second-order valence-electron chi connectivity index (χ2n) is 6.01. The summed E-state index contributed by atoms with van der Waals surface area (Å²) in [5.41, 5.74) is 1.88. The van der Waals surface area contributed by atoms with Gasteiger partial charge in [-0.2, -0.15) is 4.98 Å². The first kappa shape index (κ1) is 15.9. The minimum atomic E-state index is 0.374. The van der Waals surface area contributed by atoms with Gasteiger partial charge in [0.05, 0.1) is 0 Å². The number of nitrogens with one attached hydrogen (secondary N) is 1. The maximum Gasteiger partial charge on any atom is 0.322 e. The molecule has 2 aromatic heterocycles. The molecular weight excluding hydrogens is 338 g/mol. The van der Waals surface area contributed by atoms with Crippen LogP contribution in [-0.2, 0) is 6.54 Å². The third-order valence-corrected chi connectivity index (χ3v) is 4.43. The van der Waals surface area contributed by atoms with E-state index in [-0.39, 0.29) is 0 Å². The third-order valence-electron chi connectivity index (χ3n) is 4.19. The maximum absolute atomic E-state index is 5.99. The highest BCUT2D eigenvalue weighted by atomic mass is 35.5. The number of hydrogen-bond donors (Lipinski definition) is 1. The Labute approximate surface area is 150 Å². The first-order valence-electron chi connectivity index (χ1n) is 8.31. The van der Waals surface area contributed by atoms with Crippen molar-refractivity contribution in [1.82, 2.24) is 15.1 Å². The summed E-state index contributed by atoms with van der Waals surface area (Å²) in [5, 5.41) is 7.74. The molecule has 0 spiro atoms. The average molecular weight is 356 g/mol. The van der Waals surface area contributed by atoms with Crippen molar-refractivity contribution in [1.29, 1.82) is 0 Å². The molecule has 128 valence electrons. The number of nitrogens with zero attached hydrogens (tertiary/aromatic N) is 4. The van der Waals surface area contributed by atoms with E-state index in [0.29, 0.717) is 23.4 Å². The van der Waals surface area contributed by atoms with Gasteiger partial charge in [-0.3, -0.25) is 0 Å². The number of anilines is 2. The fourth-order valence-corrected chi connectivity index (χ4v) is 3.06. The van der Waals surface area contributed by atoms with E-state index >= 15 is 0 Å². The van der Waals surface area contributed by atoms with E-state index in [2.05, 4.69) is 37.5 Å². The second kappa shape index (κ2) is 7.11. The van der Waals surface area contributed by atoms with Gasteiger partial charge in [-0.05, 0) is 36.6 Å². The van der Waals surface area contributed by atoms with Crippen LogP contribution < -0.4 is 10.2 Å². The number of halogens is 1. The first-order valence-corrected chi connectivity index (χ1v) is 8.69. The fraction of sp³-hybridized carbons (Fsp3) is 0.278. The van der Waals surface area contributed by atoms with E-state index in [9.17, 15) is 0 Å². The van der Waals surface area contributed by atoms with Crippen molar-refractivity contribution in [2.24, 2.45) is 0 Å². The SMILES string of the molecule is Clc1cccc(-c2noc(NCc3ccc(N4CCCC4)nc3)n2)c1. The van der Waals surface area contributed by atoms with Gasteiger partial charge in [-0.25, -0.2) is 4.98 Å². The highest BCUT2D eigenvalue weighted by molar-refractivity contribution is 6.30. The van der Waals surface area contributed by atoms with Crippen molar-refractivity contribution >= 4 is 23.4 Å². The zero-order valence-corrected chi connectivity index (χ0v) is 14.4. The summed E-state index contributed by atoms with van der Waals surface area (Å²) in [7, 11) is 0. The predicted molar refractivity (Wildman–Crippen MR) is 97.8 cm³/mol. The second-order valence-corrected chi connectivity index (χ2v) is 6.44. The van der Waals surface area contributed by atoms with Crippen LogP contribution in [0.3, 0.4) is 0 Å². The Morgan fingerprint density at radius 3 is 2.80 bits per heavy atom. The van der Waals surface area contributed by atoms with Crippen LogP contribution in [0, 0.1) is 0 Å². The first-order chi connectivity index (χ1) is 12.3. The van der Waals surface area contributed by atoms with Crippen LogP contribution in [0.25, 0.3) is 11.4 Å². The molecule has 7 heteroatoms. The van der Waals surface area contributed by atoms with Gasteiger partial charge in [0.1, 0.15) is 5.82 Å². The lowest BCUT2D eigenvalue weighted by Crippen LogP contribution is -2.18. The molecule has 1 N–H and O–H groups in total. The summed E-state index contributed by atoms with van der Waals surface area (Å²) >= 11 is 5.99. The minimum Gasteiger partial charge on any atom is -0.357 e. The van der Waals surface area contributed by atoms with Gasteiger partial charge in [-0.1, -0.05) is 35.0 Å². The van der Waals surface area contributed by atoms with E-state index in [4.69, 9.17) is 16.1 Å². The molecule has 0 atom stereocenters. The molecule has 0 unspecified atom stereocenters. The molecule has 3 heterocycles. The van der Waals surface area contributed by atoms with Gasteiger partial charge < -0.3 is 14.7 Å². The van der Waals surface area contributed by atoms with Crippen LogP contribution >= 0.6 is 11.6 Å². The standard InChI is InChI=1S/C18H18ClN5O/c19-15-5-3-4-14(10-15)17-22-18(25-23-17)21-12-13-6-7-16(20-11-13)24-8-1-2-9-24/h3-7,10-11H,1-2,8-9,12H2,(H,21,22,23). The Balaban J connectivity index is 1.38. The van der Waals surface area contributed by atoms with Gasteiger partial charge in [0.25, 0.3) is 0 Å². The molecule has 0 aliphatic carbocycles. The van der Waals surface area contributed by atoms with E-state index < -0.39 is 0 Å². The molecule has 0 saturated carbocycles. The molecule has 1 saturated heterocycles. The Bertz CT molecular complexity index is 843. The van der Waals surface area contributed by atoms with Crippen LogP contribution in [0.4, 0.5) is 11.8 Å². The summed E-state index contributed by atoms with van der Waals surface area (Å²) in [5.74, 6) is 1.55. The van der Waals surface area contributed by atoms with Crippen molar-refractivity contribution < 1.29 is 4.52 Å². The highest BCUT2D eigenvalue weighted by Gasteiger charge is 2.13. The number of benzene rings is 1. The molecule has 1 aliphatic heterocycles. The third kappa shape index (κ3) is 3.74. The zero-order chi connectivity index (χ0) is 17.1. The Hall–Kier alpha value is -2.60. The Morgan fingerprint density at radius 2 is 2.04 bits per heavy atom. The molecule has 1 aromatic carbocycles. The van der Waals surface area contributed by atoms with E-state index in [0.717, 1.165) is 30.0 Å².